The summed E-state index contributed by atoms with van der Waals surface area (Å²) in [6.07, 6.45) is 2.55. The number of ether oxygens (including phenoxy) is 2. The fourth-order valence-corrected chi connectivity index (χ4v) is 2.84. The van der Waals surface area contributed by atoms with E-state index in [4.69, 9.17) is 9.47 Å². The van der Waals surface area contributed by atoms with E-state index in [-0.39, 0.29) is 12.0 Å². The van der Waals surface area contributed by atoms with Gasteiger partial charge in [-0.1, -0.05) is 17.3 Å². The van der Waals surface area contributed by atoms with Crippen LogP contribution < -0.4 is 14.8 Å². The maximum atomic E-state index is 12.6. The maximum absolute atomic E-state index is 12.6. The summed E-state index contributed by atoms with van der Waals surface area (Å²) in [7, 11) is 1.48. The average Bonchev–Trinajstić information content (AvgIpc) is 2.99. The summed E-state index contributed by atoms with van der Waals surface area (Å²) in [6, 6.07) is 10.9. The largest absolute Gasteiger partial charge is 0.492 e. The van der Waals surface area contributed by atoms with Crippen LogP contribution in [0.5, 0.6) is 11.5 Å². The number of hydrogen-bond acceptors (Lipinski definition) is 5. The third-order valence-corrected chi connectivity index (χ3v) is 4.03. The van der Waals surface area contributed by atoms with Gasteiger partial charge >= 0.3 is 0 Å². The van der Waals surface area contributed by atoms with E-state index >= 15 is 0 Å². The van der Waals surface area contributed by atoms with E-state index in [0.717, 1.165) is 23.3 Å². The Labute approximate surface area is 152 Å². The number of fused-ring (bicyclic) bond motifs is 1. The maximum Gasteiger partial charge on any atom is 0.255 e. The van der Waals surface area contributed by atoms with Crippen molar-refractivity contribution < 1.29 is 19.1 Å². The standard InChI is InChI=1S/C20H22N2O4/c1-4-25-19-10-16-9-13(2)26-18(16)11-17(19)22-20(23)15-7-5-14(6-8-15)12-21-24-3/h5-8,10-13H,4,9H2,1-3H3,(H,22,23)/b21-12+. The van der Waals surface area contributed by atoms with E-state index in [1.807, 2.05) is 26.0 Å². The number of carbonyl (C=O) groups is 1. The normalized spacial score (nSPS) is 15.4. The van der Waals surface area contributed by atoms with Crippen LogP contribution in [0.3, 0.4) is 0 Å². The van der Waals surface area contributed by atoms with Crippen LogP contribution in [-0.2, 0) is 11.3 Å². The lowest BCUT2D eigenvalue weighted by atomic mass is 10.1. The number of carbonyl (C=O) groups excluding carboxylic acids is 1. The minimum absolute atomic E-state index is 0.131. The van der Waals surface area contributed by atoms with E-state index in [2.05, 4.69) is 15.3 Å². The number of benzene rings is 2. The molecule has 6 nitrogen and oxygen atoms in total. The molecule has 1 N–H and O–H groups in total. The number of oxime groups is 1. The van der Waals surface area contributed by atoms with Gasteiger partial charge < -0.3 is 19.6 Å². The predicted octanol–water partition coefficient (Wildman–Crippen LogP) is 3.64. The van der Waals surface area contributed by atoms with E-state index in [1.54, 1.807) is 30.5 Å². The van der Waals surface area contributed by atoms with Gasteiger partial charge in [0.2, 0.25) is 0 Å². The SMILES string of the molecule is CCOc1cc2c(cc1NC(=O)c1ccc(/C=N/OC)cc1)OC(C)C2. The topological polar surface area (TPSA) is 69.2 Å². The van der Waals surface area contributed by atoms with Gasteiger partial charge in [0.1, 0.15) is 24.7 Å². The predicted molar refractivity (Wildman–Crippen MR) is 100 cm³/mol. The molecule has 3 rings (SSSR count). The van der Waals surface area contributed by atoms with Gasteiger partial charge in [-0.15, -0.1) is 0 Å². The number of hydrogen-bond donors (Lipinski definition) is 1. The Bertz CT molecular complexity index is 815. The van der Waals surface area contributed by atoms with Gasteiger partial charge in [0.15, 0.2) is 0 Å². The van der Waals surface area contributed by atoms with Crippen molar-refractivity contribution in [2.45, 2.75) is 26.4 Å². The van der Waals surface area contributed by atoms with E-state index in [9.17, 15) is 4.79 Å². The number of amides is 1. The molecular formula is C20H22N2O4. The average molecular weight is 354 g/mol. The van der Waals surface area contributed by atoms with Crippen molar-refractivity contribution in [1.82, 2.24) is 0 Å². The number of nitrogens with zero attached hydrogens (tertiary/aromatic N) is 1. The highest BCUT2D eigenvalue weighted by Crippen LogP contribution is 2.38. The molecule has 0 saturated carbocycles. The summed E-state index contributed by atoms with van der Waals surface area (Å²) in [5.41, 5.74) is 3.09. The summed E-state index contributed by atoms with van der Waals surface area (Å²) in [5.74, 6) is 1.23. The zero-order valence-electron chi connectivity index (χ0n) is 15.1. The molecule has 26 heavy (non-hydrogen) atoms. The van der Waals surface area contributed by atoms with E-state index < -0.39 is 0 Å². The lowest BCUT2D eigenvalue weighted by molar-refractivity contribution is 0.102. The monoisotopic (exact) mass is 354 g/mol. The van der Waals surface area contributed by atoms with Crippen molar-refractivity contribution in [3.05, 3.63) is 53.1 Å². The Balaban J connectivity index is 1.80. The molecule has 0 spiro atoms. The second kappa shape index (κ2) is 7.91. The summed E-state index contributed by atoms with van der Waals surface area (Å²) in [5, 5.41) is 6.62. The highest BCUT2D eigenvalue weighted by molar-refractivity contribution is 6.05. The summed E-state index contributed by atoms with van der Waals surface area (Å²) in [6.45, 7) is 4.46. The van der Waals surface area contributed by atoms with Crippen LogP contribution in [-0.4, -0.2) is 31.9 Å². The fraction of sp³-hybridized carbons (Fsp3) is 0.300. The molecule has 1 aliphatic rings. The molecule has 6 heteroatoms. The van der Waals surface area contributed by atoms with Crippen LogP contribution in [0, 0.1) is 0 Å². The van der Waals surface area contributed by atoms with Gasteiger partial charge in [-0.05, 0) is 37.6 Å². The van der Waals surface area contributed by atoms with Crippen molar-refractivity contribution in [2.75, 3.05) is 19.0 Å². The first kappa shape index (κ1) is 17.8. The minimum Gasteiger partial charge on any atom is -0.492 e. The number of nitrogens with one attached hydrogen (secondary N) is 1. The highest BCUT2D eigenvalue weighted by atomic mass is 16.6. The van der Waals surface area contributed by atoms with Crippen LogP contribution in [0.1, 0.15) is 35.3 Å². The Morgan fingerprint density at radius 1 is 1.35 bits per heavy atom. The lowest BCUT2D eigenvalue weighted by Gasteiger charge is -2.13. The lowest BCUT2D eigenvalue weighted by Crippen LogP contribution is -2.13. The molecule has 1 unspecified atom stereocenters. The van der Waals surface area contributed by atoms with Gasteiger partial charge in [0.25, 0.3) is 5.91 Å². The highest BCUT2D eigenvalue weighted by Gasteiger charge is 2.22. The van der Waals surface area contributed by atoms with Gasteiger partial charge in [0, 0.05) is 23.6 Å². The molecule has 1 aliphatic heterocycles. The molecule has 1 amide bonds. The quantitative estimate of drug-likeness (QED) is 0.635. The zero-order chi connectivity index (χ0) is 18.5. The van der Waals surface area contributed by atoms with Crippen LogP contribution in [0.2, 0.25) is 0 Å². The first-order valence-corrected chi connectivity index (χ1v) is 8.55. The first-order chi connectivity index (χ1) is 12.6. The van der Waals surface area contributed by atoms with Gasteiger partial charge in [-0.3, -0.25) is 4.79 Å². The summed E-state index contributed by atoms with van der Waals surface area (Å²) < 4.78 is 11.5. The molecule has 0 saturated heterocycles. The molecule has 2 aromatic carbocycles. The van der Waals surface area contributed by atoms with Crippen molar-refractivity contribution >= 4 is 17.8 Å². The smallest absolute Gasteiger partial charge is 0.255 e. The molecular weight excluding hydrogens is 332 g/mol. The molecule has 2 aromatic rings. The van der Waals surface area contributed by atoms with Crippen molar-refractivity contribution in [3.8, 4) is 11.5 Å². The van der Waals surface area contributed by atoms with Gasteiger partial charge in [0.05, 0.1) is 18.5 Å². The third kappa shape index (κ3) is 3.96. The first-order valence-electron chi connectivity index (χ1n) is 8.55. The molecule has 1 atom stereocenters. The van der Waals surface area contributed by atoms with Gasteiger partial charge in [-0.2, -0.15) is 0 Å². The van der Waals surface area contributed by atoms with Crippen LogP contribution in [0.4, 0.5) is 5.69 Å². The minimum atomic E-state index is -0.216. The molecule has 1 heterocycles. The second-order valence-corrected chi connectivity index (χ2v) is 6.01. The fourth-order valence-electron chi connectivity index (χ4n) is 2.84. The Morgan fingerprint density at radius 3 is 2.81 bits per heavy atom. The molecule has 0 fully saturated rings. The Morgan fingerprint density at radius 2 is 2.12 bits per heavy atom. The second-order valence-electron chi connectivity index (χ2n) is 6.01. The van der Waals surface area contributed by atoms with E-state index in [0.29, 0.717) is 23.6 Å². The van der Waals surface area contributed by atoms with E-state index in [1.165, 1.54) is 7.11 Å². The molecule has 136 valence electrons. The summed E-state index contributed by atoms with van der Waals surface area (Å²) in [4.78, 5) is 17.2. The van der Waals surface area contributed by atoms with Crippen molar-refractivity contribution in [3.63, 3.8) is 0 Å². The number of rotatable bonds is 6. The molecule has 0 radical (unpaired) electrons. The molecule has 0 bridgehead atoms. The van der Waals surface area contributed by atoms with Crippen LogP contribution in [0.15, 0.2) is 41.6 Å². The van der Waals surface area contributed by atoms with Crippen LogP contribution >= 0.6 is 0 Å². The van der Waals surface area contributed by atoms with Crippen molar-refractivity contribution in [1.29, 1.82) is 0 Å². The van der Waals surface area contributed by atoms with Crippen molar-refractivity contribution in [2.24, 2.45) is 5.16 Å². The summed E-state index contributed by atoms with van der Waals surface area (Å²) >= 11 is 0. The third-order valence-electron chi connectivity index (χ3n) is 4.03. The molecule has 0 aliphatic carbocycles. The Hall–Kier alpha value is -3.02. The molecule has 0 aromatic heterocycles. The van der Waals surface area contributed by atoms with Crippen LogP contribution in [0.25, 0.3) is 0 Å². The zero-order valence-corrected chi connectivity index (χ0v) is 15.1. The number of anilines is 1. The van der Waals surface area contributed by atoms with Gasteiger partial charge in [-0.25, -0.2) is 0 Å². The Kier molecular flexibility index (Phi) is 5.41.